The molecule has 0 heterocycles. The Hall–Kier alpha value is -2.18. The van der Waals surface area contributed by atoms with Crippen LogP contribution in [0.5, 0.6) is 5.75 Å². The van der Waals surface area contributed by atoms with E-state index in [2.05, 4.69) is 5.32 Å². The molecule has 0 aliphatic carbocycles. The van der Waals surface area contributed by atoms with Crippen LogP contribution < -0.4 is 10.1 Å². The Labute approximate surface area is 175 Å². The fraction of sp³-hybridized carbons (Fsp3) is 0.333. The lowest BCUT2D eigenvalue weighted by Gasteiger charge is -2.28. The van der Waals surface area contributed by atoms with Crippen molar-refractivity contribution < 1.29 is 14.3 Å². The van der Waals surface area contributed by atoms with Crippen LogP contribution in [0.15, 0.2) is 53.4 Å². The second kappa shape index (κ2) is 11.0. The van der Waals surface area contributed by atoms with Crippen molar-refractivity contribution in [3.63, 3.8) is 0 Å². The van der Waals surface area contributed by atoms with Crippen molar-refractivity contribution in [2.45, 2.75) is 31.3 Å². The summed E-state index contributed by atoms with van der Waals surface area (Å²) in [6.45, 7) is 4.48. The second-order valence-corrected chi connectivity index (χ2v) is 7.67. The minimum absolute atomic E-state index is 0.102. The Balaban J connectivity index is 2.11. The van der Waals surface area contributed by atoms with Crippen molar-refractivity contribution >= 4 is 35.2 Å². The van der Waals surface area contributed by atoms with Gasteiger partial charge in [0.15, 0.2) is 0 Å². The van der Waals surface area contributed by atoms with Crippen LogP contribution in [0.4, 0.5) is 0 Å². The SMILES string of the molecule is CCNC(=O)[C@@H](C)N(Cc1ccc(OC)cc1)C(=O)CSc1ccc(Cl)cc1. The molecule has 28 heavy (non-hydrogen) atoms. The van der Waals surface area contributed by atoms with E-state index in [-0.39, 0.29) is 17.6 Å². The highest BCUT2D eigenvalue weighted by molar-refractivity contribution is 8.00. The maximum Gasteiger partial charge on any atom is 0.242 e. The van der Waals surface area contributed by atoms with Gasteiger partial charge in [-0.3, -0.25) is 9.59 Å². The van der Waals surface area contributed by atoms with Crippen molar-refractivity contribution in [1.29, 1.82) is 0 Å². The molecule has 0 saturated carbocycles. The van der Waals surface area contributed by atoms with E-state index >= 15 is 0 Å². The van der Waals surface area contributed by atoms with E-state index in [0.717, 1.165) is 16.2 Å². The highest BCUT2D eigenvalue weighted by atomic mass is 35.5. The number of carbonyl (C=O) groups is 2. The third kappa shape index (κ3) is 6.46. The fourth-order valence-electron chi connectivity index (χ4n) is 2.59. The summed E-state index contributed by atoms with van der Waals surface area (Å²) in [5.41, 5.74) is 0.932. The van der Waals surface area contributed by atoms with Crippen LogP contribution in [0.1, 0.15) is 19.4 Å². The largest absolute Gasteiger partial charge is 0.497 e. The van der Waals surface area contributed by atoms with E-state index in [1.807, 2.05) is 43.3 Å². The Morgan fingerprint density at radius 3 is 2.36 bits per heavy atom. The number of likely N-dealkylation sites (N-methyl/N-ethyl adjacent to an activating group) is 1. The van der Waals surface area contributed by atoms with E-state index in [1.165, 1.54) is 11.8 Å². The van der Waals surface area contributed by atoms with Crippen LogP contribution in [0, 0.1) is 0 Å². The molecule has 7 heteroatoms. The summed E-state index contributed by atoms with van der Waals surface area (Å²) in [6.07, 6.45) is 0. The lowest BCUT2D eigenvalue weighted by Crippen LogP contribution is -2.48. The Morgan fingerprint density at radius 1 is 1.14 bits per heavy atom. The van der Waals surface area contributed by atoms with Gasteiger partial charge in [-0.2, -0.15) is 0 Å². The number of amides is 2. The number of halogens is 1. The van der Waals surface area contributed by atoms with E-state index in [0.29, 0.717) is 18.1 Å². The first kappa shape index (κ1) is 22.1. The zero-order chi connectivity index (χ0) is 20.5. The van der Waals surface area contributed by atoms with Crippen LogP contribution in [-0.4, -0.2) is 42.2 Å². The van der Waals surface area contributed by atoms with Gasteiger partial charge < -0.3 is 15.0 Å². The van der Waals surface area contributed by atoms with E-state index in [4.69, 9.17) is 16.3 Å². The van der Waals surface area contributed by atoms with E-state index < -0.39 is 6.04 Å². The molecule has 0 aliphatic heterocycles. The zero-order valence-corrected chi connectivity index (χ0v) is 17.8. The number of benzene rings is 2. The Morgan fingerprint density at radius 2 is 1.79 bits per heavy atom. The number of nitrogens with one attached hydrogen (secondary N) is 1. The highest BCUT2D eigenvalue weighted by Crippen LogP contribution is 2.22. The molecule has 0 bridgehead atoms. The minimum Gasteiger partial charge on any atom is -0.497 e. The first-order chi connectivity index (χ1) is 13.4. The summed E-state index contributed by atoms with van der Waals surface area (Å²) in [5, 5.41) is 3.44. The molecule has 2 rings (SSSR count). The van der Waals surface area contributed by atoms with Gasteiger partial charge >= 0.3 is 0 Å². The molecular formula is C21H25ClN2O3S. The second-order valence-electron chi connectivity index (χ2n) is 6.18. The Bertz CT molecular complexity index is 781. The molecule has 0 spiro atoms. The van der Waals surface area contributed by atoms with Crippen LogP contribution in [0.25, 0.3) is 0 Å². The summed E-state index contributed by atoms with van der Waals surface area (Å²) in [5.74, 6) is 0.716. The first-order valence-corrected chi connectivity index (χ1v) is 10.4. The van der Waals surface area contributed by atoms with Crippen molar-refractivity contribution in [1.82, 2.24) is 10.2 Å². The smallest absolute Gasteiger partial charge is 0.242 e. The number of thioether (sulfide) groups is 1. The predicted octanol–water partition coefficient (Wildman–Crippen LogP) is 3.99. The lowest BCUT2D eigenvalue weighted by atomic mass is 10.1. The van der Waals surface area contributed by atoms with Gasteiger partial charge in [0.25, 0.3) is 0 Å². The number of rotatable bonds is 9. The van der Waals surface area contributed by atoms with Gasteiger partial charge in [0, 0.05) is 23.0 Å². The predicted molar refractivity (Wildman–Crippen MR) is 114 cm³/mol. The molecule has 2 aromatic carbocycles. The molecule has 0 fully saturated rings. The molecule has 2 amide bonds. The summed E-state index contributed by atoms with van der Waals surface area (Å²) >= 11 is 7.33. The molecule has 1 atom stereocenters. The number of methoxy groups -OCH3 is 1. The van der Waals surface area contributed by atoms with Gasteiger partial charge in [-0.15, -0.1) is 11.8 Å². The molecule has 5 nitrogen and oxygen atoms in total. The number of hydrogen-bond donors (Lipinski definition) is 1. The number of ether oxygens (including phenoxy) is 1. The summed E-state index contributed by atoms with van der Waals surface area (Å²) < 4.78 is 5.18. The van der Waals surface area contributed by atoms with Gasteiger partial charge in [-0.05, 0) is 55.8 Å². The van der Waals surface area contributed by atoms with Crippen molar-refractivity contribution in [3.05, 3.63) is 59.1 Å². The van der Waals surface area contributed by atoms with E-state index in [1.54, 1.807) is 31.1 Å². The van der Waals surface area contributed by atoms with Crippen molar-refractivity contribution in [2.75, 3.05) is 19.4 Å². The minimum atomic E-state index is -0.569. The molecule has 0 radical (unpaired) electrons. The Kier molecular flexibility index (Phi) is 8.67. The summed E-state index contributed by atoms with van der Waals surface area (Å²) in [4.78, 5) is 27.8. The molecule has 1 N–H and O–H groups in total. The van der Waals surface area contributed by atoms with Crippen molar-refractivity contribution in [3.8, 4) is 5.75 Å². The maximum atomic E-state index is 12.9. The molecule has 2 aromatic rings. The van der Waals surface area contributed by atoms with Crippen molar-refractivity contribution in [2.24, 2.45) is 0 Å². The third-order valence-electron chi connectivity index (χ3n) is 4.21. The zero-order valence-electron chi connectivity index (χ0n) is 16.3. The quantitative estimate of drug-likeness (QED) is 0.623. The number of nitrogens with zero attached hydrogens (tertiary/aromatic N) is 1. The van der Waals surface area contributed by atoms with Gasteiger partial charge in [0.05, 0.1) is 12.9 Å². The normalized spacial score (nSPS) is 11.6. The first-order valence-electron chi connectivity index (χ1n) is 9.03. The fourth-order valence-corrected chi connectivity index (χ4v) is 3.50. The van der Waals surface area contributed by atoms with Crippen LogP contribution in [-0.2, 0) is 16.1 Å². The average molecular weight is 421 g/mol. The van der Waals surface area contributed by atoms with Crippen LogP contribution in [0.2, 0.25) is 5.02 Å². The number of hydrogen-bond acceptors (Lipinski definition) is 4. The van der Waals surface area contributed by atoms with E-state index in [9.17, 15) is 9.59 Å². The average Bonchev–Trinajstić information content (AvgIpc) is 2.71. The number of carbonyl (C=O) groups excluding carboxylic acids is 2. The molecule has 0 aliphatic rings. The van der Waals surface area contributed by atoms with Gasteiger partial charge in [-0.25, -0.2) is 0 Å². The van der Waals surface area contributed by atoms with Gasteiger partial charge in [-0.1, -0.05) is 23.7 Å². The lowest BCUT2D eigenvalue weighted by molar-refractivity contribution is -0.138. The topological polar surface area (TPSA) is 58.6 Å². The monoisotopic (exact) mass is 420 g/mol. The highest BCUT2D eigenvalue weighted by Gasteiger charge is 2.25. The van der Waals surface area contributed by atoms with Gasteiger partial charge in [0.2, 0.25) is 11.8 Å². The summed E-state index contributed by atoms with van der Waals surface area (Å²) in [6, 6.07) is 14.3. The molecule has 0 aromatic heterocycles. The third-order valence-corrected chi connectivity index (χ3v) is 5.45. The molecule has 0 unspecified atom stereocenters. The maximum absolute atomic E-state index is 12.9. The van der Waals surface area contributed by atoms with Crippen LogP contribution >= 0.6 is 23.4 Å². The van der Waals surface area contributed by atoms with Crippen LogP contribution in [0.3, 0.4) is 0 Å². The molecule has 150 valence electrons. The summed E-state index contributed by atoms with van der Waals surface area (Å²) in [7, 11) is 1.61. The standard InChI is InChI=1S/C21H25ClN2O3S/c1-4-23-21(26)15(2)24(13-16-5-9-18(27-3)10-6-16)20(25)14-28-19-11-7-17(22)8-12-19/h5-12,15H,4,13-14H2,1-3H3,(H,23,26)/t15-/m1/s1. The molecular weight excluding hydrogens is 396 g/mol. The molecule has 0 saturated heterocycles. The van der Waals surface area contributed by atoms with Gasteiger partial charge in [0.1, 0.15) is 11.8 Å².